The van der Waals surface area contributed by atoms with Gasteiger partial charge in [-0.25, -0.2) is 9.69 Å². The molecule has 2 heterocycles. The number of nitrogens with zero attached hydrogens (tertiary/aromatic N) is 3. The van der Waals surface area contributed by atoms with E-state index in [0.717, 1.165) is 0 Å². The van der Waals surface area contributed by atoms with Crippen LogP contribution in [0.4, 0.5) is 5.82 Å². The van der Waals surface area contributed by atoms with E-state index in [1.165, 1.54) is 22.8 Å². The van der Waals surface area contributed by atoms with Gasteiger partial charge in [-0.2, -0.15) is 5.10 Å². The molecule has 138 valence electrons. The number of nitrogens with one attached hydrogen (secondary N) is 2. The van der Waals surface area contributed by atoms with Crippen LogP contribution in [-0.2, 0) is 9.59 Å². The van der Waals surface area contributed by atoms with Crippen LogP contribution in [0.5, 0.6) is 0 Å². The maximum absolute atomic E-state index is 13.0. The number of likely N-dealkylation sites (N-methyl/N-ethyl adjacent to an activating group) is 1. The second-order valence-corrected chi connectivity index (χ2v) is 6.18. The SMILES string of the molecule is C=C(C)C(=O)Nc1[nH]n(-c2ccccc2)c(=O)c1C=C1C(=O)N(C)N=C1C. The van der Waals surface area contributed by atoms with Crippen molar-refractivity contribution in [3.63, 3.8) is 0 Å². The van der Waals surface area contributed by atoms with Gasteiger partial charge in [-0.3, -0.25) is 19.5 Å². The number of aromatic nitrogens is 2. The summed E-state index contributed by atoms with van der Waals surface area (Å²) in [7, 11) is 1.54. The number of anilines is 1. The lowest BCUT2D eigenvalue weighted by Gasteiger charge is -2.04. The minimum atomic E-state index is -0.434. The van der Waals surface area contributed by atoms with Crippen molar-refractivity contribution < 1.29 is 9.59 Å². The number of hydrogen-bond acceptors (Lipinski definition) is 4. The van der Waals surface area contributed by atoms with E-state index in [9.17, 15) is 14.4 Å². The number of carbonyl (C=O) groups is 2. The van der Waals surface area contributed by atoms with Gasteiger partial charge in [-0.15, -0.1) is 0 Å². The maximum atomic E-state index is 13.0. The molecular formula is C19H19N5O3. The summed E-state index contributed by atoms with van der Waals surface area (Å²) in [5.41, 5.74) is 1.42. The van der Waals surface area contributed by atoms with Crippen molar-refractivity contribution >= 4 is 29.4 Å². The number of aromatic amines is 1. The highest BCUT2D eigenvalue weighted by Crippen LogP contribution is 2.20. The molecule has 0 bridgehead atoms. The Balaban J connectivity index is 2.17. The van der Waals surface area contributed by atoms with Crippen molar-refractivity contribution in [3.05, 3.63) is 64.0 Å². The molecule has 1 aliphatic heterocycles. The molecule has 0 radical (unpaired) electrons. The monoisotopic (exact) mass is 365 g/mol. The molecule has 1 aromatic heterocycles. The first-order valence-electron chi connectivity index (χ1n) is 8.22. The van der Waals surface area contributed by atoms with Gasteiger partial charge in [0.15, 0.2) is 0 Å². The summed E-state index contributed by atoms with van der Waals surface area (Å²) in [6.45, 7) is 6.84. The van der Waals surface area contributed by atoms with Crippen molar-refractivity contribution in [2.45, 2.75) is 13.8 Å². The highest BCUT2D eigenvalue weighted by molar-refractivity contribution is 6.26. The van der Waals surface area contributed by atoms with Crippen LogP contribution in [0.25, 0.3) is 11.8 Å². The molecule has 1 aliphatic rings. The molecule has 0 spiro atoms. The number of hydrogen-bond donors (Lipinski definition) is 2. The van der Waals surface area contributed by atoms with E-state index in [2.05, 4.69) is 22.1 Å². The molecule has 0 atom stereocenters. The Kier molecular flexibility index (Phi) is 4.64. The fraction of sp³-hybridized carbons (Fsp3) is 0.158. The first kappa shape index (κ1) is 18.1. The van der Waals surface area contributed by atoms with Crippen LogP contribution >= 0.6 is 0 Å². The third-order valence-corrected chi connectivity index (χ3v) is 4.07. The van der Waals surface area contributed by atoms with Gasteiger partial charge in [0.2, 0.25) is 0 Å². The van der Waals surface area contributed by atoms with Gasteiger partial charge in [0.05, 0.1) is 22.5 Å². The van der Waals surface area contributed by atoms with Crippen molar-refractivity contribution in [1.29, 1.82) is 0 Å². The molecular weight excluding hydrogens is 346 g/mol. The Hall–Kier alpha value is -3.68. The summed E-state index contributed by atoms with van der Waals surface area (Å²) in [5, 5.41) is 10.8. The Labute approximate surface area is 155 Å². The number of benzene rings is 1. The Bertz CT molecular complexity index is 1060. The second kappa shape index (κ2) is 6.91. The van der Waals surface area contributed by atoms with Crippen molar-refractivity contribution in [2.75, 3.05) is 12.4 Å². The van der Waals surface area contributed by atoms with Gasteiger partial charge >= 0.3 is 0 Å². The number of hydrazone groups is 1. The van der Waals surface area contributed by atoms with Crippen LogP contribution in [-0.4, -0.2) is 39.4 Å². The zero-order valence-electron chi connectivity index (χ0n) is 15.2. The Morgan fingerprint density at radius 3 is 2.48 bits per heavy atom. The van der Waals surface area contributed by atoms with E-state index in [0.29, 0.717) is 17.0 Å². The zero-order chi connectivity index (χ0) is 19.7. The Morgan fingerprint density at radius 2 is 1.93 bits per heavy atom. The van der Waals surface area contributed by atoms with Crippen LogP contribution in [0, 0.1) is 0 Å². The van der Waals surface area contributed by atoms with Gasteiger partial charge in [0, 0.05) is 12.6 Å². The van der Waals surface area contributed by atoms with E-state index in [-0.39, 0.29) is 22.9 Å². The van der Waals surface area contributed by atoms with Gasteiger partial charge in [-0.05, 0) is 32.1 Å². The molecule has 0 saturated heterocycles. The molecule has 0 fully saturated rings. The standard InChI is InChI=1S/C19H19N5O3/c1-11(2)17(25)20-16-15(10-14-12(3)21-23(4)18(14)26)19(27)24(22-16)13-8-6-5-7-9-13/h5-10,22H,1H2,2-4H3,(H,20,25). The first-order chi connectivity index (χ1) is 12.8. The van der Waals surface area contributed by atoms with Crippen LogP contribution in [0.3, 0.4) is 0 Å². The predicted octanol–water partition coefficient (Wildman–Crippen LogP) is 1.91. The van der Waals surface area contributed by atoms with Gasteiger partial charge in [0.1, 0.15) is 5.82 Å². The first-order valence-corrected chi connectivity index (χ1v) is 8.22. The van der Waals surface area contributed by atoms with E-state index < -0.39 is 11.5 Å². The molecule has 2 N–H and O–H groups in total. The quantitative estimate of drug-likeness (QED) is 0.810. The molecule has 0 unspecified atom stereocenters. The fourth-order valence-electron chi connectivity index (χ4n) is 2.62. The molecule has 8 nitrogen and oxygen atoms in total. The molecule has 3 rings (SSSR count). The lowest BCUT2D eigenvalue weighted by molar-refractivity contribution is -0.124. The topological polar surface area (TPSA) is 99.6 Å². The van der Waals surface area contributed by atoms with Gasteiger partial charge < -0.3 is 5.32 Å². The van der Waals surface area contributed by atoms with E-state index >= 15 is 0 Å². The molecule has 8 heteroatoms. The lowest BCUT2D eigenvalue weighted by Crippen LogP contribution is -2.19. The summed E-state index contributed by atoms with van der Waals surface area (Å²) in [6, 6.07) is 8.91. The highest BCUT2D eigenvalue weighted by atomic mass is 16.2. The third kappa shape index (κ3) is 3.37. The fourth-order valence-corrected chi connectivity index (χ4v) is 2.62. The molecule has 27 heavy (non-hydrogen) atoms. The zero-order valence-corrected chi connectivity index (χ0v) is 15.2. The van der Waals surface area contributed by atoms with E-state index in [1.54, 1.807) is 38.1 Å². The summed E-state index contributed by atoms with van der Waals surface area (Å²) in [5.74, 6) is -0.576. The average molecular weight is 365 g/mol. The smallest absolute Gasteiger partial charge is 0.280 e. The number of para-hydroxylation sites is 1. The van der Waals surface area contributed by atoms with Crippen LogP contribution in [0.1, 0.15) is 19.4 Å². The molecule has 0 saturated carbocycles. The molecule has 1 aromatic carbocycles. The Morgan fingerprint density at radius 1 is 1.26 bits per heavy atom. The average Bonchev–Trinajstić information content (AvgIpc) is 3.07. The number of carbonyl (C=O) groups excluding carboxylic acids is 2. The number of rotatable bonds is 4. The number of amides is 2. The maximum Gasteiger partial charge on any atom is 0.280 e. The van der Waals surface area contributed by atoms with Gasteiger partial charge in [0.25, 0.3) is 17.4 Å². The van der Waals surface area contributed by atoms with Crippen LogP contribution in [0.15, 0.2) is 58.0 Å². The largest absolute Gasteiger partial charge is 0.307 e. The van der Waals surface area contributed by atoms with Crippen LogP contribution in [0.2, 0.25) is 0 Å². The van der Waals surface area contributed by atoms with Crippen molar-refractivity contribution in [1.82, 2.24) is 14.8 Å². The molecule has 2 amide bonds. The summed E-state index contributed by atoms with van der Waals surface area (Å²) < 4.78 is 1.30. The highest BCUT2D eigenvalue weighted by Gasteiger charge is 2.26. The van der Waals surface area contributed by atoms with Gasteiger partial charge in [-0.1, -0.05) is 24.8 Å². The normalized spacial score (nSPS) is 15.2. The van der Waals surface area contributed by atoms with Crippen molar-refractivity contribution in [2.24, 2.45) is 5.10 Å². The minimum Gasteiger partial charge on any atom is -0.307 e. The molecule has 0 aliphatic carbocycles. The summed E-state index contributed by atoms with van der Waals surface area (Å²) in [4.78, 5) is 37.3. The molecule has 2 aromatic rings. The summed E-state index contributed by atoms with van der Waals surface area (Å²) >= 11 is 0. The van der Waals surface area contributed by atoms with E-state index in [1.807, 2.05) is 6.07 Å². The summed E-state index contributed by atoms with van der Waals surface area (Å²) in [6.07, 6.45) is 1.44. The predicted molar refractivity (Wildman–Crippen MR) is 104 cm³/mol. The number of H-pyrrole nitrogens is 1. The van der Waals surface area contributed by atoms with Crippen molar-refractivity contribution in [3.8, 4) is 5.69 Å². The lowest BCUT2D eigenvalue weighted by atomic mass is 10.1. The van der Waals surface area contributed by atoms with E-state index in [4.69, 9.17) is 0 Å². The minimum absolute atomic E-state index is 0.154. The second-order valence-electron chi connectivity index (χ2n) is 6.18. The van der Waals surface area contributed by atoms with Crippen LogP contribution < -0.4 is 10.9 Å². The third-order valence-electron chi connectivity index (χ3n) is 4.07.